The zero-order chi connectivity index (χ0) is 14.5. The molecule has 1 unspecified atom stereocenters. The Bertz CT molecular complexity index is 521. The number of hydrogen-bond donors (Lipinski definition) is 3. The van der Waals surface area contributed by atoms with Crippen LogP contribution < -0.4 is 10.9 Å². The van der Waals surface area contributed by atoms with Crippen molar-refractivity contribution in [3.05, 3.63) is 34.7 Å². The third-order valence-electron chi connectivity index (χ3n) is 2.57. The number of nitrogens with zero attached hydrogens (tertiary/aromatic N) is 1. The summed E-state index contributed by atoms with van der Waals surface area (Å²) in [5.74, 6) is -1.84. The molecule has 104 valence electrons. The van der Waals surface area contributed by atoms with Gasteiger partial charge < -0.3 is 20.1 Å². The zero-order valence-corrected chi connectivity index (χ0v) is 10.5. The van der Waals surface area contributed by atoms with Gasteiger partial charge in [0.1, 0.15) is 0 Å². The van der Waals surface area contributed by atoms with Crippen molar-refractivity contribution >= 4 is 11.9 Å². The summed E-state index contributed by atoms with van der Waals surface area (Å²) in [5, 5.41) is 20.4. The van der Waals surface area contributed by atoms with Crippen LogP contribution in [0, 0.1) is 0 Å². The third kappa shape index (κ3) is 4.55. The fourth-order valence-electron chi connectivity index (χ4n) is 1.30. The van der Waals surface area contributed by atoms with Gasteiger partial charge in [0, 0.05) is 25.2 Å². The molecule has 0 aliphatic heterocycles. The molecule has 7 heteroatoms. The Morgan fingerprint density at radius 3 is 2.68 bits per heavy atom. The van der Waals surface area contributed by atoms with Crippen molar-refractivity contribution in [2.45, 2.75) is 25.5 Å². The van der Waals surface area contributed by atoms with E-state index in [1.54, 1.807) is 18.3 Å². The van der Waals surface area contributed by atoms with Crippen LogP contribution in [-0.2, 0) is 16.1 Å². The molecule has 1 aromatic heterocycles. The average Bonchev–Trinajstić information content (AvgIpc) is 2.35. The average molecular weight is 268 g/mol. The molecule has 0 aliphatic rings. The Morgan fingerprint density at radius 2 is 2.11 bits per heavy atom. The van der Waals surface area contributed by atoms with Gasteiger partial charge in [-0.1, -0.05) is 6.07 Å². The van der Waals surface area contributed by atoms with Crippen LogP contribution in [-0.4, -0.2) is 38.8 Å². The van der Waals surface area contributed by atoms with Crippen LogP contribution in [0.2, 0.25) is 0 Å². The van der Waals surface area contributed by atoms with Gasteiger partial charge in [-0.15, -0.1) is 0 Å². The van der Waals surface area contributed by atoms with Crippen LogP contribution in [0.3, 0.4) is 0 Å². The first-order valence-electron chi connectivity index (χ1n) is 5.71. The number of rotatable bonds is 6. The first kappa shape index (κ1) is 14.9. The lowest BCUT2D eigenvalue weighted by molar-refractivity contribution is -0.156. The fraction of sp³-hybridized carbons (Fsp3) is 0.417. The maximum absolute atomic E-state index is 11.5. The molecule has 0 bridgehead atoms. The van der Waals surface area contributed by atoms with Crippen molar-refractivity contribution in [1.29, 1.82) is 0 Å². The van der Waals surface area contributed by atoms with E-state index in [4.69, 9.17) is 5.11 Å². The molecule has 7 nitrogen and oxygen atoms in total. The van der Waals surface area contributed by atoms with Crippen molar-refractivity contribution < 1.29 is 19.8 Å². The van der Waals surface area contributed by atoms with Crippen molar-refractivity contribution in [3.8, 4) is 0 Å². The molecule has 1 heterocycles. The molecule has 0 spiro atoms. The highest BCUT2D eigenvalue weighted by Gasteiger charge is 2.30. The van der Waals surface area contributed by atoms with Gasteiger partial charge in [0.2, 0.25) is 5.91 Å². The number of aromatic nitrogens is 1. The van der Waals surface area contributed by atoms with E-state index in [9.17, 15) is 19.5 Å². The van der Waals surface area contributed by atoms with Crippen molar-refractivity contribution in [2.24, 2.45) is 0 Å². The molecule has 0 saturated heterocycles. The predicted octanol–water partition coefficient (Wildman–Crippen LogP) is -0.810. The third-order valence-corrected chi connectivity index (χ3v) is 2.57. The van der Waals surface area contributed by atoms with Crippen molar-refractivity contribution in [1.82, 2.24) is 9.88 Å². The summed E-state index contributed by atoms with van der Waals surface area (Å²) in [6.45, 7) is 0.906. The molecular formula is C12H16N2O5. The number of hydrogen-bond acceptors (Lipinski definition) is 4. The Labute approximate surface area is 109 Å². The fourth-order valence-corrected chi connectivity index (χ4v) is 1.30. The molecule has 1 rings (SSSR count). The second-order valence-corrected chi connectivity index (χ2v) is 4.34. The van der Waals surface area contributed by atoms with E-state index in [0.717, 1.165) is 6.92 Å². The van der Waals surface area contributed by atoms with Crippen LogP contribution in [0.5, 0.6) is 0 Å². The molecule has 1 amide bonds. The standard InChI is InChI=1S/C12H16N2O5/c1-12(19,11(17)18)8-13-9(15)5-7-14-6-3-2-4-10(14)16/h2-4,6,19H,5,7-8H2,1H3,(H,13,15)(H,17,18). The van der Waals surface area contributed by atoms with Crippen molar-refractivity contribution in [2.75, 3.05) is 6.54 Å². The van der Waals surface area contributed by atoms with Gasteiger partial charge >= 0.3 is 5.97 Å². The molecular weight excluding hydrogens is 252 g/mol. The summed E-state index contributed by atoms with van der Waals surface area (Å²) in [4.78, 5) is 33.4. The number of aliphatic hydroxyl groups is 1. The molecule has 0 radical (unpaired) electrons. The second kappa shape index (κ2) is 6.14. The molecule has 0 fully saturated rings. The van der Waals surface area contributed by atoms with E-state index in [0.29, 0.717) is 0 Å². The topological polar surface area (TPSA) is 109 Å². The van der Waals surface area contributed by atoms with Crippen LogP contribution >= 0.6 is 0 Å². The highest BCUT2D eigenvalue weighted by Crippen LogP contribution is 2.01. The minimum absolute atomic E-state index is 0.0274. The van der Waals surface area contributed by atoms with Crippen LogP contribution in [0.15, 0.2) is 29.2 Å². The summed E-state index contributed by atoms with van der Waals surface area (Å²) in [5.41, 5.74) is -2.22. The number of carboxylic acids is 1. The number of carbonyl (C=O) groups is 2. The van der Waals surface area contributed by atoms with Crippen LogP contribution in [0.25, 0.3) is 0 Å². The van der Waals surface area contributed by atoms with Crippen molar-refractivity contribution in [3.63, 3.8) is 0 Å². The summed E-state index contributed by atoms with van der Waals surface area (Å²) in [6.07, 6.45) is 1.59. The lowest BCUT2D eigenvalue weighted by Crippen LogP contribution is -2.46. The Morgan fingerprint density at radius 1 is 1.42 bits per heavy atom. The van der Waals surface area contributed by atoms with Crippen LogP contribution in [0.1, 0.15) is 13.3 Å². The number of amides is 1. The largest absolute Gasteiger partial charge is 0.479 e. The molecule has 3 N–H and O–H groups in total. The van der Waals surface area contributed by atoms with E-state index < -0.39 is 17.5 Å². The first-order valence-corrected chi connectivity index (χ1v) is 5.71. The normalized spacial score (nSPS) is 13.6. The maximum atomic E-state index is 11.5. The number of pyridine rings is 1. The molecule has 0 aliphatic carbocycles. The SMILES string of the molecule is CC(O)(CNC(=O)CCn1ccccc1=O)C(=O)O. The summed E-state index contributed by atoms with van der Waals surface area (Å²) in [6, 6.07) is 4.66. The molecule has 0 aromatic carbocycles. The maximum Gasteiger partial charge on any atom is 0.337 e. The van der Waals surface area contributed by atoms with Crippen LogP contribution in [0.4, 0.5) is 0 Å². The molecule has 19 heavy (non-hydrogen) atoms. The number of carboxylic acid groups (broad SMARTS) is 1. The van der Waals surface area contributed by atoms with Gasteiger partial charge in [-0.3, -0.25) is 9.59 Å². The Balaban J connectivity index is 2.43. The minimum Gasteiger partial charge on any atom is -0.479 e. The molecule has 0 saturated carbocycles. The van der Waals surface area contributed by atoms with Gasteiger partial charge in [0.15, 0.2) is 5.60 Å². The number of nitrogens with one attached hydrogen (secondary N) is 1. The van der Waals surface area contributed by atoms with E-state index in [1.807, 2.05) is 0 Å². The minimum atomic E-state index is -2.00. The quantitative estimate of drug-likeness (QED) is 0.625. The number of carbonyl (C=O) groups excluding carboxylic acids is 1. The highest BCUT2D eigenvalue weighted by molar-refractivity contribution is 5.80. The molecule has 1 atom stereocenters. The lowest BCUT2D eigenvalue weighted by Gasteiger charge is -2.18. The number of aliphatic carboxylic acids is 1. The highest BCUT2D eigenvalue weighted by atomic mass is 16.4. The van der Waals surface area contributed by atoms with Gasteiger partial charge in [-0.25, -0.2) is 4.79 Å². The Kier molecular flexibility index (Phi) is 4.82. The summed E-state index contributed by atoms with van der Waals surface area (Å²) >= 11 is 0. The van der Waals surface area contributed by atoms with Gasteiger partial charge in [0.25, 0.3) is 5.56 Å². The predicted molar refractivity (Wildman–Crippen MR) is 66.6 cm³/mol. The zero-order valence-electron chi connectivity index (χ0n) is 10.5. The van der Waals surface area contributed by atoms with E-state index in [1.165, 1.54) is 10.6 Å². The smallest absolute Gasteiger partial charge is 0.337 e. The molecule has 1 aromatic rings. The monoisotopic (exact) mass is 268 g/mol. The van der Waals surface area contributed by atoms with Gasteiger partial charge in [0.05, 0.1) is 6.54 Å². The first-order chi connectivity index (χ1) is 8.83. The van der Waals surface area contributed by atoms with E-state index in [-0.39, 0.29) is 25.1 Å². The number of aryl methyl sites for hydroxylation is 1. The van der Waals surface area contributed by atoms with Gasteiger partial charge in [-0.2, -0.15) is 0 Å². The van der Waals surface area contributed by atoms with E-state index >= 15 is 0 Å². The van der Waals surface area contributed by atoms with Gasteiger partial charge in [-0.05, 0) is 13.0 Å². The summed E-state index contributed by atoms with van der Waals surface area (Å²) < 4.78 is 1.37. The second-order valence-electron chi connectivity index (χ2n) is 4.34. The Hall–Kier alpha value is -2.15. The van der Waals surface area contributed by atoms with E-state index in [2.05, 4.69) is 5.32 Å². The lowest BCUT2D eigenvalue weighted by atomic mass is 10.1. The summed E-state index contributed by atoms with van der Waals surface area (Å²) in [7, 11) is 0.